The predicted octanol–water partition coefficient (Wildman–Crippen LogP) is 5.53. The molecule has 0 radical (unpaired) electrons. The van der Waals surface area contributed by atoms with Crippen LogP contribution in [-0.4, -0.2) is 16.3 Å². The summed E-state index contributed by atoms with van der Waals surface area (Å²) < 4.78 is 0.231. The van der Waals surface area contributed by atoms with Crippen molar-refractivity contribution in [2.75, 3.05) is 0 Å². The topological polar surface area (TPSA) is 0 Å². The number of rotatable bonds is 2. The van der Waals surface area contributed by atoms with Crippen LogP contribution in [-0.2, 0) is 4.28 Å². The highest BCUT2D eigenvalue weighted by Gasteiger charge is 2.22. The highest BCUT2D eigenvalue weighted by atomic mass is 27.0. The molecule has 0 heterocycles. The molecular formula is C23H21Al. The van der Waals surface area contributed by atoms with Gasteiger partial charge in [0.15, 0.2) is 0 Å². The molecule has 0 bridgehead atoms. The van der Waals surface area contributed by atoms with Crippen LogP contribution in [0.4, 0.5) is 0 Å². The Hall–Kier alpha value is -2.07. The van der Waals surface area contributed by atoms with Crippen molar-refractivity contribution < 1.29 is 0 Å². The second-order valence-corrected chi connectivity index (χ2v) is 9.96. The molecule has 0 saturated carbocycles. The Kier molecular flexibility index (Phi) is 3.72. The molecule has 0 fully saturated rings. The monoisotopic (exact) mass is 324 g/mol. The molecule has 0 nitrogen and oxygen atoms in total. The SMILES string of the molecule is C[C](C)([AlH2])c1c2ccccc2c(-c2ccccc2)c2ccccc12. The van der Waals surface area contributed by atoms with E-state index in [4.69, 9.17) is 0 Å². The Morgan fingerprint density at radius 1 is 0.583 bits per heavy atom. The fourth-order valence-corrected chi connectivity index (χ4v) is 4.39. The first kappa shape index (κ1) is 15.5. The number of benzene rings is 4. The first-order valence-electron chi connectivity index (χ1n) is 8.57. The van der Waals surface area contributed by atoms with Crippen molar-refractivity contribution in [2.24, 2.45) is 0 Å². The van der Waals surface area contributed by atoms with E-state index in [9.17, 15) is 0 Å². The Balaban J connectivity index is 2.29. The zero-order valence-electron chi connectivity index (χ0n) is 14.5. The van der Waals surface area contributed by atoms with Crippen LogP contribution in [0.15, 0.2) is 78.9 Å². The van der Waals surface area contributed by atoms with E-state index in [1.165, 1.54) is 38.2 Å². The second kappa shape index (κ2) is 5.78. The first-order chi connectivity index (χ1) is 11.6. The van der Waals surface area contributed by atoms with E-state index in [2.05, 4.69) is 92.7 Å². The molecule has 0 N–H and O–H groups in total. The molecule has 0 amide bonds. The maximum absolute atomic E-state index is 2.37. The quantitative estimate of drug-likeness (QED) is 0.336. The van der Waals surface area contributed by atoms with Gasteiger partial charge in [0.1, 0.15) is 0 Å². The smallest absolute Gasteiger partial charge is 0.0687 e. The third-order valence-corrected chi connectivity index (χ3v) is 5.24. The third kappa shape index (κ3) is 2.46. The van der Waals surface area contributed by atoms with Gasteiger partial charge < -0.3 is 0 Å². The van der Waals surface area contributed by atoms with Gasteiger partial charge in [-0.05, 0) is 38.2 Å². The Labute approximate surface area is 151 Å². The lowest BCUT2D eigenvalue weighted by Gasteiger charge is -2.26. The van der Waals surface area contributed by atoms with Crippen molar-refractivity contribution in [1.82, 2.24) is 0 Å². The molecule has 24 heavy (non-hydrogen) atoms. The lowest BCUT2D eigenvalue weighted by Crippen LogP contribution is -2.18. The molecule has 0 spiro atoms. The van der Waals surface area contributed by atoms with E-state index in [0.717, 1.165) is 16.3 Å². The molecule has 4 aromatic carbocycles. The molecule has 1 heteroatoms. The van der Waals surface area contributed by atoms with Gasteiger partial charge in [0, 0.05) is 0 Å². The van der Waals surface area contributed by atoms with Gasteiger partial charge in [-0.2, -0.15) is 0 Å². The van der Waals surface area contributed by atoms with Crippen LogP contribution in [0.1, 0.15) is 19.4 Å². The summed E-state index contributed by atoms with van der Waals surface area (Å²) >= 11 is 1.12. The summed E-state index contributed by atoms with van der Waals surface area (Å²) in [6.07, 6.45) is 0. The van der Waals surface area contributed by atoms with E-state index in [-0.39, 0.29) is 4.28 Å². The van der Waals surface area contributed by atoms with Crippen LogP contribution in [0.25, 0.3) is 32.7 Å². The van der Waals surface area contributed by atoms with Crippen molar-refractivity contribution in [3.05, 3.63) is 84.4 Å². The van der Waals surface area contributed by atoms with Gasteiger partial charge in [-0.15, -0.1) is 0 Å². The van der Waals surface area contributed by atoms with Gasteiger partial charge in [0.2, 0.25) is 16.3 Å². The average Bonchev–Trinajstić information content (AvgIpc) is 2.59. The fraction of sp³-hybridized carbons (Fsp3) is 0.130. The predicted molar refractivity (Wildman–Crippen MR) is 108 cm³/mol. The summed E-state index contributed by atoms with van der Waals surface area (Å²) in [5, 5.41) is 5.52. The zero-order chi connectivity index (χ0) is 16.7. The summed E-state index contributed by atoms with van der Waals surface area (Å²) in [5.41, 5.74) is 4.15. The normalized spacial score (nSPS) is 11.9. The van der Waals surface area contributed by atoms with Gasteiger partial charge in [-0.1, -0.05) is 97.0 Å². The molecule has 0 saturated heterocycles. The third-order valence-electron chi connectivity index (χ3n) is 4.74. The average molecular weight is 324 g/mol. The Bertz CT molecular complexity index is 967. The maximum atomic E-state index is 2.37. The lowest BCUT2D eigenvalue weighted by atomic mass is 9.84. The molecule has 0 aliphatic carbocycles. The summed E-state index contributed by atoms with van der Waals surface area (Å²) in [5.74, 6) is 0. The van der Waals surface area contributed by atoms with Gasteiger partial charge in [0.05, 0.1) is 0 Å². The first-order valence-corrected chi connectivity index (χ1v) is 9.57. The van der Waals surface area contributed by atoms with Crippen LogP contribution in [0.3, 0.4) is 0 Å². The second-order valence-electron chi connectivity index (χ2n) is 7.46. The summed E-state index contributed by atoms with van der Waals surface area (Å²) in [4.78, 5) is 0. The van der Waals surface area contributed by atoms with Gasteiger partial charge in [-0.25, -0.2) is 0 Å². The molecular weight excluding hydrogens is 303 g/mol. The van der Waals surface area contributed by atoms with Crippen molar-refractivity contribution in [3.8, 4) is 11.1 Å². The number of hydrogen-bond acceptors (Lipinski definition) is 0. The van der Waals surface area contributed by atoms with Crippen molar-refractivity contribution >= 4 is 37.8 Å². The Morgan fingerprint density at radius 2 is 1.00 bits per heavy atom. The van der Waals surface area contributed by atoms with E-state index in [1.54, 1.807) is 0 Å². The zero-order valence-corrected chi connectivity index (χ0v) is 16.5. The van der Waals surface area contributed by atoms with E-state index in [0.29, 0.717) is 0 Å². The lowest BCUT2D eigenvalue weighted by molar-refractivity contribution is 0.780. The highest BCUT2D eigenvalue weighted by Crippen LogP contribution is 2.42. The number of hydrogen-bond donors (Lipinski definition) is 0. The molecule has 0 atom stereocenters. The van der Waals surface area contributed by atoms with Crippen LogP contribution in [0.2, 0.25) is 0 Å². The minimum Gasteiger partial charge on any atom is -0.0687 e. The molecule has 116 valence electrons. The van der Waals surface area contributed by atoms with Crippen LogP contribution in [0.5, 0.6) is 0 Å². The van der Waals surface area contributed by atoms with Crippen LogP contribution >= 0.6 is 0 Å². The molecule has 0 aliphatic heterocycles. The maximum Gasteiger partial charge on any atom is 0.227 e. The van der Waals surface area contributed by atoms with E-state index >= 15 is 0 Å². The molecule has 0 aliphatic rings. The van der Waals surface area contributed by atoms with Crippen LogP contribution < -0.4 is 0 Å². The minimum atomic E-state index is 0.231. The molecule has 0 unspecified atom stereocenters. The van der Waals surface area contributed by atoms with E-state index in [1.807, 2.05) is 0 Å². The Morgan fingerprint density at radius 3 is 1.46 bits per heavy atom. The van der Waals surface area contributed by atoms with Crippen molar-refractivity contribution in [3.63, 3.8) is 0 Å². The van der Waals surface area contributed by atoms with Crippen molar-refractivity contribution in [2.45, 2.75) is 18.1 Å². The van der Waals surface area contributed by atoms with Crippen LogP contribution in [0, 0.1) is 0 Å². The fourth-order valence-electron chi connectivity index (χ4n) is 3.85. The molecule has 4 aromatic rings. The van der Waals surface area contributed by atoms with Gasteiger partial charge >= 0.3 is 0 Å². The summed E-state index contributed by atoms with van der Waals surface area (Å²) in [6, 6.07) is 28.6. The standard InChI is InChI=1S/C23H19.Al.2H/c1-16(2)22-18-12-6-8-14-20(18)23(17-10-4-3-5-11-17)21-15-9-7-13-19(21)22;;;/h3-15H,1-2H3;;;. The van der Waals surface area contributed by atoms with E-state index < -0.39 is 0 Å². The van der Waals surface area contributed by atoms with Gasteiger partial charge in [0.25, 0.3) is 0 Å². The number of fused-ring (bicyclic) bond motifs is 2. The van der Waals surface area contributed by atoms with Crippen molar-refractivity contribution in [1.29, 1.82) is 0 Å². The van der Waals surface area contributed by atoms with Gasteiger partial charge in [-0.3, -0.25) is 0 Å². The minimum absolute atomic E-state index is 0.231. The summed E-state index contributed by atoms with van der Waals surface area (Å²) in [7, 11) is 0. The molecule has 0 aromatic heterocycles. The largest absolute Gasteiger partial charge is 0.227 e. The molecule has 4 rings (SSSR count). The highest BCUT2D eigenvalue weighted by molar-refractivity contribution is 6.22. The summed E-state index contributed by atoms with van der Waals surface area (Å²) in [6.45, 7) is 4.74.